The molecule has 0 atom stereocenters. The minimum absolute atomic E-state index is 0. The van der Waals surface area contributed by atoms with Gasteiger partial charge in [-0.2, -0.15) is 35.1 Å². The van der Waals surface area contributed by atoms with Crippen LogP contribution >= 0.6 is 0 Å². The van der Waals surface area contributed by atoms with Crippen LogP contribution in [0.25, 0.3) is 0 Å². The topological polar surface area (TPSA) is 18.5 Å². The minimum Gasteiger partial charge on any atom is -0.412 e. The molecule has 0 fully saturated rings. The van der Waals surface area contributed by atoms with Crippen LogP contribution in [0.4, 0.5) is 70.2 Å². The van der Waals surface area contributed by atoms with Crippen LogP contribution in [0.1, 0.15) is 6.42 Å². The van der Waals surface area contributed by atoms with Gasteiger partial charge in [-0.25, -0.2) is 17.6 Å². The second-order valence-corrected chi connectivity index (χ2v) is 4.38. The van der Waals surface area contributed by atoms with E-state index in [1.54, 1.807) is 9.47 Å². The van der Waals surface area contributed by atoms with Crippen molar-refractivity contribution in [3.8, 4) is 0 Å². The van der Waals surface area contributed by atoms with Crippen LogP contribution in [-0.4, -0.2) is 36.3 Å². The zero-order valence-corrected chi connectivity index (χ0v) is 18.4. The molecular weight excluding hydrogens is 622 g/mol. The van der Waals surface area contributed by atoms with E-state index in [0.29, 0.717) is 0 Å². The number of alkyl halides is 12. The fourth-order valence-electron chi connectivity index (χ4n) is 1.03. The van der Waals surface area contributed by atoms with Gasteiger partial charge in [0.2, 0.25) is 0 Å². The molecule has 20 heteroatoms. The molecular formula is C9H2F16O2Y2-2. The SMILES string of the molecule is F[C-](F)C(F)(F)OC(F)(F)C(F)(F)CC(F)(F)C(F)(F)OC(F)(F)[C-](F)F.[Y].[Y]. The van der Waals surface area contributed by atoms with Gasteiger partial charge >= 0.3 is 24.1 Å². The quantitative estimate of drug-likeness (QED) is 0.223. The molecule has 29 heavy (non-hydrogen) atoms. The second kappa shape index (κ2) is 10.8. The molecule has 0 unspecified atom stereocenters. The molecule has 0 heterocycles. The monoisotopic (exact) mass is 624 g/mol. The molecule has 0 rings (SSSR count). The maximum Gasteiger partial charge on any atom is 0.422 e. The van der Waals surface area contributed by atoms with Gasteiger partial charge in [0.25, 0.3) is 12.2 Å². The van der Waals surface area contributed by atoms with Crippen LogP contribution in [0.2, 0.25) is 0 Å². The standard InChI is InChI=1S/C9H2F16O2.2Y/c10-2(11)6(18,19)26-8(22,23)4(14,15)1-5(16,17)9(24,25)27-7(20,21)3(12)13;;/h1H2;;/q-2;;. The zero-order valence-electron chi connectivity index (χ0n) is 12.7. The van der Waals surface area contributed by atoms with Gasteiger partial charge in [-0.3, -0.25) is 9.47 Å². The summed E-state index contributed by atoms with van der Waals surface area (Å²) in [6.07, 6.45) is -40.0. The van der Waals surface area contributed by atoms with Crippen molar-refractivity contribution in [1.29, 1.82) is 0 Å². The van der Waals surface area contributed by atoms with Crippen LogP contribution in [0.5, 0.6) is 0 Å². The first-order valence-corrected chi connectivity index (χ1v) is 5.55. The van der Waals surface area contributed by atoms with Crippen LogP contribution in [0.15, 0.2) is 0 Å². The normalized spacial score (nSPS) is 14.7. The third kappa shape index (κ3) is 8.81. The molecule has 0 aliphatic heterocycles. The average molecular weight is 624 g/mol. The Labute approximate surface area is 199 Å². The fourth-order valence-corrected chi connectivity index (χ4v) is 1.03. The molecule has 0 aromatic carbocycles. The third-order valence-electron chi connectivity index (χ3n) is 2.25. The molecule has 0 saturated carbocycles. The van der Waals surface area contributed by atoms with E-state index in [4.69, 9.17) is 0 Å². The largest absolute Gasteiger partial charge is 0.422 e. The Hall–Kier alpha value is 1.01. The van der Waals surface area contributed by atoms with E-state index in [1.165, 1.54) is 0 Å². The zero-order chi connectivity index (χ0) is 22.3. The van der Waals surface area contributed by atoms with Crippen LogP contribution in [-0.2, 0) is 74.9 Å². The maximum absolute atomic E-state index is 12.9. The number of halogens is 16. The van der Waals surface area contributed by atoms with Crippen molar-refractivity contribution in [2.45, 2.75) is 42.7 Å². The Kier molecular flexibility index (Phi) is 12.8. The Morgan fingerprint density at radius 1 is 0.483 bits per heavy atom. The molecule has 0 bridgehead atoms. The Morgan fingerprint density at radius 2 is 0.690 bits per heavy atom. The van der Waals surface area contributed by atoms with Crippen molar-refractivity contribution in [2.75, 3.05) is 0 Å². The number of rotatable bonds is 10. The fraction of sp³-hybridized carbons (Fsp3) is 0.778. The molecule has 0 N–H and O–H groups in total. The molecule has 0 aliphatic rings. The summed E-state index contributed by atoms with van der Waals surface area (Å²) in [5.74, 6) is -13.7. The third-order valence-corrected chi connectivity index (χ3v) is 2.25. The van der Waals surface area contributed by atoms with E-state index < -0.39 is 55.6 Å². The van der Waals surface area contributed by atoms with Crippen molar-refractivity contribution < 1.29 is 145 Å². The molecule has 2 radical (unpaired) electrons. The predicted octanol–water partition coefficient (Wildman–Crippen LogP) is 5.90. The Bertz CT molecular complexity index is 467. The van der Waals surface area contributed by atoms with Gasteiger partial charge in [-0.1, -0.05) is 0 Å². The van der Waals surface area contributed by atoms with E-state index in [0.717, 1.165) is 0 Å². The summed E-state index contributed by atoms with van der Waals surface area (Å²) < 4.78 is 201. The molecule has 0 spiro atoms. The van der Waals surface area contributed by atoms with Gasteiger partial charge in [0, 0.05) is 65.4 Å². The second-order valence-electron chi connectivity index (χ2n) is 4.38. The summed E-state index contributed by atoms with van der Waals surface area (Å²) in [5.41, 5.74) is 0. The van der Waals surface area contributed by atoms with E-state index in [2.05, 4.69) is 0 Å². The first-order valence-electron chi connectivity index (χ1n) is 5.55. The van der Waals surface area contributed by atoms with E-state index in [9.17, 15) is 70.2 Å². The summed E-state index contributed by atoms with van der Waals surface area (Å²) >= 11 is 0. The van der Waals surface area contributed by atoms with Crippen molar-refractivity contribution in [3.63, 3.8) is 0 Å². The summed E-state index contributed by atoms with van der Waals surface area (Å²) in [5, 5.41) is 0. The molecule has 170 valence electrons. The van der Waals surface area contributed by atoms with Gasteiger partial charge in [0.05, 0.1) is 19.3 Å². The van der Waals surface area contributed by atoms with E-state index in [1.807, 2.05) is 0 Å². The summed E-state index contributed by atoms with van der Waals surface area (Å²) in [7, 11) is 0. The first kappa shape index (κ1) is 34.6. The van der Waals surface area contributed by atoms with Gasteiger partial charge in [-0.05, 0) is 0 Å². The molecule has 0 aliphatic carbocycles. The molecule has 0 aromatic heterocycles. The molecule has 2 nitrogen and oxygen atoms in total. The van der Waals surface area contributed by atoms with Crippen molar-refractivity contribution in [3.05, 3.63) is 12.9 Å². The number of ether oxygens (including phenoxy) is 2. The predicted molar refractivity (Wildman–Crippen MR) is 47.4 cm³/mol. The molecule has 0 aromatic rings. The van der Waals surface area contributed by atoms with Crippen molar-refractivity contribution in [1.82, 2.24) is 0 Å². The van der Waals surface area contributed by atoms with Crippen molar-refractivity contribution in [2.24, 2.45) is 0 Å². The minimum atomic E-state index is -6.99. The maximum atomic E-state index is 12.9. The van der Waals surface area contributed by atoms with Gasteiger partial charge < -0.3 is 17.6 Å². The average Bonchev–Trinajstić information content (AvgIpc) is 2.33. The van der Waals surface area contributed by atoms with Crippen LogP contribution in [0.3, 0.4) is 0 Å². The van der Waals surface area contributed by atoms with Gasteiger partial charge in [-0.15, -0.1) is 0 Å². The number of hydrogen-bond acceptors (Lipinski definition) is 2. The van der Waals surface area contributed by atoms with Gasteiger partial charge in [0.1, 0.15) is 0 Å². The summed E-state index contributed by atoms with van der Waals surface area (Å²) in [4.78, 5) is 0. The summed E-state index contributed by atoms with van der Waals surface area (Å²) in [6.45, 7) is 0. The van der Waals surface area contributed by atoms with Crippen LogP contribution in [0, 0.1) is 12.9 Å². The summed E-state index contributed by atoms with van der Waals surface area (Å²) in [6, 6.07) is 0. The number of hydrogen-bond donors (Lipinski definition) is 0. The van der Waals surface area contributed by atoms with Gasteiger partial charge in [0.15, 0.2) is 0 Å². The Balaban J connectivity index is -0.00000338. The van der Waals surface area contributed by atoms with Crippen LogP contribution < -0.4 is 0 Å². The molecule has 0 amide bonds. The van der Waals surface area contributed by atoms with E-state index >= 15 is 0 Å². The Morgan fingerprint density at radius 3 is 0.862 bits per heavy atom. The smallest absolute Gasteiger partial charge is 0.412 e. The van der Waals surface area contributed by atoms with E-state index in [-0.39, 0.29) is 65.4 Å². The molecule has 0 saturated heterocycles. The van der Waals surface area contributed by atoms with Crippen molar-refractivity contribution >= 4 is 0 Å². The first-order chi connectivity index (χ1) is 11.5.